The standard InChI is InChI=1S/C13H16FN3O2/c1-8(17(2)6-5-12(18)19)13-15-10-4-3-9(14)7-11(10)16-13/h3-4,7-8H,5-6H2,1-2H3,(H,15,16)(H,18,19). The number of aromatic amines is 1. The van der Waals surface area contributed by atoms with Crippen molar-refractivity contribution in [3.05, 3.63) is 29.8 Å². The number of aromatic nitrogens is 2. The Morgan fingerprint density at radius 1 is 1.58 bits per heavy atom. The number of carboxylic acid groups (broad SMARTS) is 1. The van der Waals surface area contributed by atoms with Gasteiger partial charge in [0.2, 0.25) is 0 Å². The highest BCUT2D eigenvalue weighted by atomic mass is 19.1. The van der Waals surface area contributed by atoms with Crippen LogP contribution in [0.3, 0.4) is 0 Å². The van der Waals surface area contributed by atoms with Crippen LogP contribution in [0.1, 0.15) is 25.2 Å². The van der Waals surface area contributed by atoms with E-state index in [2.05, 4.69) is 9.97 Å². The lowest BCUT2D eigenvalue weighted by Crippen LogP contribution is -2.25. The van der Waals surface area contributed by atoms with E-state index in [-0.39, 0.29) is 18.3 Å². The summed E-state index contributed by atoms with van der Waals surface area (Å²) in [4.78, 5) is 19.9. The summed E-state index contributed by atoms with van der Waals surface area (Å²) in [5.41, 5.74) is 1.35. The molecule has 0 saturated carbocycles. The summed E-state index contributed by atoms with van der Waals surface area (Å²) in [5.74, 6) is -0.436. The third kappa shape index (κ3) is 3.08. The molecule has 1 heterocycles. The highest BCUT2D eigenvalue weighted by molar-refractivity contribution is 5.75. The van der Waals surface area contributed by atoms with Crippen LogP contribution < -0.4 is 0 Å². The second kappa shape index (κ2) is 5.36. The average molecular weight is 265 g/mol. The number of rotatable bonds is 5. The maximum absolute atomic E-state index is 13.1. The van der Waals surface area contributed by atoms with Gasteiger partial charge in [-0.1, -0.05) is 0 Å². The Morgan fingerprint density at radius 2 is 2.32 bits per heavy atom. The van der Waals surface area contributed by atoms with Crippen LogP contribution in [0, 0.1) is 5.82 Å². The molecule has 0 saturated heterocycles. The van der Waals surface area contributed by atoms with Gasteiger partial charge in [0, 0.05) is 6.54 Å². The molecule has 6 heteroatoms. The maximum Gasteiger partial charge on any atom is 0.304 e. The van der Waals surface area contributed by atoms with Crippen molar-refractivity contribution >= 4 is 17.0 Å². The van der Waals surface area contributed by atoms with Gasteiger partial charge in [-0.25, -0.2) is 9.37 Å². The number of H-pyrrole nitrogens is 1. The Morgan fingerprint density at radius 3 is 3.00 bits per heavy atom. The largest absolute Gasteiger partial charge is 0.481 e. The molecule has 0 amide bonds. The van der Waals surface area contributed by atoms with Crippen molar-refractivity contribution in [1.29, 1.82) is 0 Å². The number of hydrogen-bond acceptors (Lipinski definition) is 3. The van der Waals surface area contributed by atoms with E-state index in [0.29, 0.717) is 23.4 Å². The zero-order valence-electron chi connectivity index (χ0n) is 10.9. The molecule has 0 radical (unpaired) electrons. The summed E-state index contributed by atoms with van der Waals surface area (Å²) in [5, 5.41) is 8.67. The second-order valence-electron chi connectivity index (χ2n) is 4.58. The zero-order valence-corrected chi connectivity index (χ0v) is 10.9. The zero-order chi connectivity index (χ0) is 14.0. The number of carboxylic acids is 1. The van der Waals surface area contributed by atoms with Crippen molar-refractivity contribution in [1.82, 2.24) is 14.9 Å². The summed E-state index contributed by atoms with van der Waals surface area (Å²) >= 11 is 0. The number of nitrogens with one attached hydrogen (secondary N) is 1. The van der Waals surface area contributed by atoms with Crippen LogP contribution in [0.5, 0.6) is 0 Å². The van der Waals surface area contributed by atoms with Crippen molar-refractivity contribution in [3.8, 4) is 0 Å². The summed E-state index contributed by atoms with van der Waals surface area (Å²) in [6.45, 7) is 2.36. The smallest absolute Gasteiger partial charge is 0.304 e. The first kappa shape index (κ1) is 13.5. The fourth-order valence-corrected chi connectivity index (χ4v) is 1.87. The first-order valence-corrected chi connectivity index (χ1v) is 6.04. The van der Waals surface area contributed by atoms with E-state index in [1.807, 2.05) is 18.9 Å². The van der Waals surface area contributed by atoms with Gasteiger partial charge < -0.3 is 10.1 Å². The molecule has 0 bridgehead atoms. The summed E-state index contributed by atoms with van der Waals surface area (Å²) in [6.07, 6.45) is 0.0791. The predicted octanol–water partition coefficient (Wildman–Crippen LogP) is 2.17. The fraction of sp³-hybridized carbons (Fsp3) is 0.385. The highest BCUT2D eigenvalue weighted by Crippen LogP contribution is 2.20. The van der Waals surface area contributed by atoms with Gasteiger partial charge in [0.05, 0.1) is 23.5 Å². The van der Waals surface area contributed by atoms with Crippen molar-refractivity contribution < 1.29 is 14.3 Å². The third-order valence-electron chi connectivity index (χ3n) is 3.20. The molecule has 1 atom stereocenters. The molecule has 0 spiro atoms. The van der Waals surface area contributed by atoms with E-state index in [0.717, 1.165) is 0 Å². The first-order valence-electron chi connectivity index (χ1n) is 6.04. The third-order valence-corrected chi connectivity index (χ3v) is 3.20. The first-order chi connectivity index (χ1) is 8.97. The van der Waals surface area contributed by atoms with Gasteiger partial charge in [0.1, 0.15) is 11.6 Å². The Bertz CT molecular complexity index is 597. The molecule has 0 aliphatic carbocycles. The number of carbonyl (C=O) groups is 1. The molecule has 1 unspecified atom stereocenters. The Balaban J connectivity index is 2.16. The lowest BCUT2D eigenvalue weighted by atomic mass is 10.2. The molecule has 0 aliphatic rings. The molecule has 102 valence electrons. The lowest BCUT2D eigenvalue weighted by molar-refractivity contribution is -0.137. The van der Waals surface area contributed by atoms with E-state index in [4.69, 9.17) is 5.11 Å². The van der Waals surface area contributed by atoms with Gasteiger partial charge in [-0.3, -0.25) is 9.69 Å². The molecular formula is C13H16FN3O2. The molecular weight excluding hydrogens is 249 g/mol. The highest BCUT2D eigenvalue weighted by Gasteiger charge is 2.16. The Labute approximate surface area is 110 Å². The number of halogens is 1. The van der Waals surface area contributed by atoms with Crippen molar-refractivity contribution in [2.45, 2.75) is 19.4 Å². The van der Waals surface area contributed by atoms with E-state index < -0.39 is 5.97 Å². The Hall–Kier alpha value is -1.95. The summed E-state index contributed by atoms with van der Waals surface area (Å²) in [7, 11) is 1.83. The number of hydrogen-bond donors (Lipinski definition) is 2. The number of benzene rings is 1. The van der Waals surface area contributed by atoms with Gasteiger partial charge in [-0.2, -0.15) is 0 Å². The molecule has 0 aliphatic heterocycles. The lowest BCUT2D eigenvalue weighted by Gasteiger charge is -2.21. The minimum atomic E-state index is -0.828. The fourth-order valence-electron chi connectivity index (χ4n) is 1.87. The summed E-state index contributed by atoms with van der Waals surface area (Å²) < 4.78 is 13.1. The van der Waals surface area contributed by atoms with Gasteiger partial charge >= 0.3 is 5.97 Å². The van der Waals surface area contributed by atoms with Crippen molar-refractivity contribution in [2.75, 3.05) is 13.6 Å². The van der Waals surface area contributed by atoms with Gasteiger partial charge in [-0.15, -0.1) is 0 Å². The molecule has 1 aromatic carbocycles. The minimum absolute atomic E-state index is 0.0604. The molecule has 2 N–H and O–H groups in total. The number of aliphatic carboxylic acids is 1. The molecule has 19 heavy (non-hydrogen) atoms. The van der Waals surface area contributed by atoms with Crippen LogP contribution in [0.4, 0.5) is 4.39 Å². The van der Waals surface area contributed by atoms with Crippen LogP contribution in [-0.2, 0) is 4.79 Å². The SMILES string of the molecule is CC(c1nc2ccc(F)cc2[nH]1)N(C)CCC(=O)O. The summed E-state index contributed by atoms with van der Waals surface area (Å²) in [6, 6.07) is 4.32. The topological polar surface area (TPSA) is 69.2 Å². The number of imidazole rings is 1. The quantitative estimate of drug-likeness (QED) is 0.869. The molecule has 0 fully saturated rings. The van der Waals surface area contributed by atoms with E-state index in [1.54, 1.807) is 6.07 Å². The van der Waals surface area contributed by atoms with Crippen LogP contribution in [-0.4, -0.2) is 39.5 Å². The van der Waals surface area contributed by atoms with Crippen LogP contribution in [0.15, 0.2) is 18.2 Å². The van der Waals surface area contributed by atoms with Gasteiger partial charge in [0.15, 0.2) is 0 Å². The van der Waals surface area contributed by atoms with Crippen molar-refractivity contribution in [2.24, 2.45) is 0 Å². The normalized spacial score (nSPS) is 13.1. The minimum Gasteiger partial charge on any atom is -0.481 e. The van der Waals surface area contributed by atoms with Crippen LogP contribution >= 0.6 is 0 Å². The maximum atomic E-state index is 13.1. The number of nitrogens with zero attached hydrogens (tertiary/aromatic N) is 2. The van der Waals surface area contributed by atoms with Crippen molar-refractivity contribution in [3.63, 3.8) is 0 Å². The molecule has 2 rings (SSSR count). The molecule has 2 aromatic rings. The van der Waals surface area contributed by atoms with Gasteiger partial charge in [0.25, 0.3) is 0 Å². The van der Waals surface area contributed by atoms with Crippen LogP contribution in [0.2, 0.25) is 0 Å². The monoisotopic (exact) mass is 265 g/mol. The van der Waals surface area contributed by atoms with Gasteiger partial charge in [-0.05, 0) is 32.2 Å². The van der Waals surface area contributed by atoms with Crippen LogP contribution in [0.25, 0.3) is 11.0 Å². The average Bonchev–Trinajstić information content (AvgIpc) is 2.77. The Kier molecular flexibility index (Phi) is 3.80. The van der Waals surface area contributed by atoms with E-state index >= 15 is 0 Å². The molecule has 5 nitrogen and oxygen atoms in total. The number of fused-ring (bicyclic) bond motifs is 1. The second-order valence-corrected chi connectivity index (χ2v) is 4.58. The van der Waals surface area contributed by atoms with E-state index in [9.17, 15) is 9.18 Å². The molecule has 1 aromatic heterocycles. The predicted molar refractivity (Wildman–Crippen MR) is 69.3 cm³/mol. The van der Waals surface area contributed by atoms with E-state index in [1.165, 1.54) is 12.1 Å².